The number of nitrogens with zero attached hydrogens (tertiary/aromatic N) is 1. The highest BCUT2D eigenvalue weighted by Gasteiger charge is 2.50. The molecule has 2 unspecified atom stereocenters. The lowest BCUT2D eigenvalue weighted by molar-refractivity contribution is 0.0708. The largest absolute Gasteiger partial charge is 0.335 e. The molecule has 1 amide bonds. The molecule has 1 aliphatic heterocycles. The highest BCUT2D eigenvalue weighted by atomic mass is 32.2. The van der Waals surface area contributed by atoms with Crippen LogP contribution in [-0.4, -0.2) is 38.1 Å². The number of carbonyl (C=O) groups is 1. The maximum Gasteiger partial charge on any atom is 0.254 e. The molecule has 1 aliphatic carbocycles. The molecule has 23 heavy (non-hydrogen) atoms. The van der Waals surface area contributed by atoms with E-state index in [-0.39, 0.29) is 21.6 Å². The number of amides is 1. The average molecular weight is 335 g/mol. The molecule has 126 valence electrons. The maximum atomic E-state index is 12.9. The predicted molar refractivity (Wildman–Crippen MR) is 90.1 cm³/mol. The van der Waals surface area contributed by atoms with Crippen LogP contribution in [0.5, 0.6) is 0 Å². The van der Waals surface area contributed by atoms with Gasteiger partial charge in [-0.1, -0.05) is 20.8 Å². The van der Waals surface area contributed by atoms with Gasteiger partial charge in [0.05, 0.1) is 4.90 Å². The van der Waals surface area contributed by atoms with Crippen molar-refractivity contribution in [3.63, 3.8) is 0 Å². The van der Waals surface area contributed by atoms with E-state index in [1.165, 1.54) is 18.4 Å². The molecule has 2 atom stereocenters. The molecule has 1 aromatic rings. The fourth-order valence-electron chi connectivity index (χ4n) is 4.71. The highest BCUT2D eigenvalue weighted by Crippen LogP contribution is 2.52. The molecule has 0 spiro atoms. The smallest absolute Gasteiger partial charge is 0.254 e. The third kappa shape index (κ3) is 3.16. The molecule has 2 aliphatic rings. The summed E-state index contributed by atoms with van der Waals surface area (Å²) in [6.07, 6.45) is 4.43. The second-order valence-electron chi connectivity index (χ2n) is 8.44. The molecule has 1 aromatic carbocycles. The Morgan fingerprint density at radius 1 is 1.13 bits per heavy atom. The first-order valence-electron chi connectivity index (χ1n) is 8.10. The van der Waals surface area contributed by atoms with E-state index in [0.717, 1.165) is 25.8 Å². The molecule has 1 saturated carbocycles. The summed E-state index contributed by atoms with van der Waals surface area (Å²) >= 11 is 0. The zero-order chi connectivity index (χ0) is 17.0. The van der Waals surface area contributed by atoms with Crippen LogP contribution in [-0.2, 0) is 9.84 Å². The zero-order valence-electron chi connectivity index (χ0n) is 14.3. The molecule has 1 heterocycles. The summed E-state index contributed by atoms with van der Waals surface area (Å²) in [6.45, 7) is 7.65. The Hall–Kier alpha value is -1.36. The minimum absolute atomic E-state index is 0.0245. The Labute approximate surface area is 138 Å². The molecule has 4 nitrogen and oxygen atoms in total. The van der Waals surface area contributed by atoms with Gasteiger partial charge in [-0.15, -0.1) is 0 Å². The fraction of sp³-hybridized carbons (Fsp3) is 0.611. The average Bonchev–Trinajstić information content (AvgIpc) is 2.66. The van der Waals surface area contributed by atoms with Gasteiger partial charge in [0.15, 0.2) is 9.84 Å². The SMILES string of the molecule is CC1(C)CC2CC(C)(CN2C(=O)c2ccc(S(C)(=O)=O)cc2)C1. The van der Waals surface area contributed by atoms with Crippen molar-refractivity contribution >= 4 is 15.7 Å². The van der Waals surface area contributed by atoms with E-state index in [1.807, 2.05) is 4.90 Å². The van der Waals surface area contributed by atoms with E-state index in [0.29, 0.717) is 11.6 Å². The summed E-state index contributed by atoms with van der Waals surface area (Å²) in [5.41, 5.74) is 1.05. The molecular formula is C18H25NO3S. The first kappa shape index (κ1) is 16.5. The van der Waals surface area contributed by atoms with Gasteiger partial charge >= 0.3 is 0 Å². The number of likely N-dealkylation sites (tertiary alicyclic amines) is 1. The number of sulfone groups is 1. The maximum absolute atomic E-state index is 12.9. The Bertz CT molecular complexity index is 736. The first-order valence-corrected chi connectivity index (χ1v) is 9.99. The fourth-order valence-corrected chi connectivity index (χ4v) is 5.34. The van der Waals surface area contributed by atoms with Crippen molar-refractivity contribution < 1.29 is 13.2 Å². The molecule has 0 N–H and O–H groups in total. The van der Waals surface area contributed by atoms with Crippen LogP contribution in [0.15, 0.2) is 29.2 Å². The third-order valence-corrected chi connectivity index (χ3v) is 6.33. The minimum atomic E-state index is -3.23. The number of hydrogen-bond donors (Lipinski definition) is 0. The molecule has 0 aromatic heterocycles. The van der Waals surface area contributed by atoms with Crippen molar-refractivity contribution in [1.82, 2.24) is 4.90 Å². The van der Waals surface area contributed by atoms with Crippen LogP contribution in [0.2, 0.25) is 0 Å². The topological polar surface area (TPSA) is 54.5 Å². The molecule has 1 saturated heterocycles. The second-order valence-corrected chi connectivity index (χ2v) is 10.5. The molecule has 3 rings (SSSR count). The predicted octanol–water partition coefficient (Wildman–Crippen LogP) is 3.13. The van der Waals surface area contributed by atoms with Crippen molar-refractivity contribution in [2.45, 2.75) is 51.0 Å². The summed E-state index contributed by atoms with van der Waals surface area (Å²) in [5.74, 6) is 0.0245. The van der Waals surface area contributed by atoms with E-state index >= 15 is 0 Å². The van der Waals surface area contributed by atoms with Gasteiger partial charge in [0.25, 0.3) is 5.91 Å². The number of hydrogen-bond acceptors (Lipinski definition) is 3. The number of fused-ring (bicyclic) bond motifs is 2. The normalized spacial score (nSPS) is 29.6. The van der Waals surface area contributed by atoms with E-state index in [1.54, 1.807) is 12.1 Å². The lowest BCUT2D eigenvalue weighted by Crippen LogP contribution is -2.37. The molecular weight excluding hydrogens is 310 g/mol. The third-order valence-electron chi connectivity index (χ3n) is 5.21. The summed E-state index contributed by atoms with van der Waals surface area (Å²) < 4.78 is 23.1. The lowest BCUT2D eigenvalue weighted by Gasteiger charge is -2.39. The van der Waals surface area contributed by atoms with Gasteiger partial charge in [-0.3, -0.25) is 4.79 Å². The van der Waals surface area contributed by atoms with E-state index < -0.39 is 9.84 Å². The second kappa shape index (κ2) is 5.07. The van der Waals surface area contributed by atoms with Crippen LogP contribution in [0.3, 0.4) is 0 Å². The Morgan fingerprint density at radius 2 is 1.74 bits per heavy atom. The summed E-state index contributed by atoms with van der Waals surface area (Å²) in [5, 5.41) is 0. The molecule has 2 bridgehead atoms. The number of rotatable bonds is 2. The standard InChI is InChI=1S/C18H25NO3S/c1-17(2)9-14-10-18(3,11-17)12-19(14)16(20)13-5-7-15(8-6-13)23(4,21)22/h5-8,14H,9-12H2,1-4H3. The highest BCUT2D eigenvalue weighted by molar-refractivity contribution is 7.90. The van der Waals surface area contributed by atoms with Crippen molar-refractivity contribution in [1.29, 1.82) is 0 Å². The van der Waals surface area contributed by atoms with E-state index in [2.05, 4.69) is 20.8 Å². The molecule has 5 heteroatoms. The van der Waals surface area contributed by atoms with Crippen LogP contribution in [0, 0.1) is 10.8 Å². The first-order chi connectivity index (χ1) is 10.5. The van der Waals surface area contributed by atoms with Gasteiger partial charge < -0.3 is 4.90 Å². The van der Waals surface area contributed by atoms with Crippen LogP contribution < -0.4 is 0 Å². The van der Waals surface area contributed by atoms with Crippen LogP contribution in [0.1, 0.15) is 50.4 Å². The Kier molecular flexibility index (Phi) is 3.63. The summed E-state index contributed by atoms with van der Waals surface area (Å²) in [6, 6.07) is 6.61. The van der Waals surface area contributed by atoms with Gasteiger partial charge in [-0.25, -0.2) is 8.42 Å². The van der Waals surface area contributed by atoms with Crippen LogP contribution in [0.4, 0.5) is 0 Å². The van der Waals surface area contributed by atoms with Crippen LogP contribution in [0.25, 0.3) is 0 Å². The van der Waals surface area contributed by atoms with Crippen molar-refractivity contribution in [3.8, 4) is 0 Å². The molecule has 2 fully saturated rings. The Balaban J connectivity index is 1.84. The monoisotopic (exact) mass is 335 g/mol. The lowest BCUT2D eigenvalue weighted by atomic mass is 9.65. The van der Waals surface area contributed by atoms with Crippen molar-refractivity contribution in [2.75, 3.05) is 12.8 Å². The number of carbonyl (C=O) groups excluding carboxylic acids is 1. The van der Waals surface area contributed by atoms with Crippen LogP contribution >= 0.6 is 0 Å². The Morgan fingerprint density at radius 3 is 2.30 bits per heavy atom. The van der Waals surface area contributed by atoms with Gasteiger partial charge in [-0.05, 0) is 54.4 Å². The van der Waals surface area contributed by atoms with E-state index in [4.69, 9.17) is 0 Å². The van der Waals surface area contributed by atoms with Gasteiger partial charge in [-0.2, -0.15) is 0 Å². The quantitative estimate of drug-likeness (QED) is 0.834. The molecule has 0 radical (unpaired) electrons. The van der Waals surface area contributed by atoms with Gasteiger partial charge in [0.1, 0.15) is 0 Å². The number of benzene rings is 1. The zero-order valence-corrected chi connectivity index (χ0v) is 15.1. The minimum Gasteiger partial charge on any atom is -0.335 e. The summed E-state index contributed by atoms with van der Waals surface area (Å²) in [4.78, 5) is 15.1. The summed E-state index contributed by atoms with van der Waals surface area (Å²) in [7, 11) is -3.23. The van der Waals surface area contributed by atoms with E-state index in [9.17, 15) is 13.2 Å². The van der Waals surface area contributed by atoms with Gasteiger partial charge in [0.2, 0.25) is 0 Å². The van der Waals surface area contributed by atoms with Gasteiger partial charge in [0, 0.05) is 24.4 Å². The van der Waals surface area contributed by atoms with Crippen molar-refractivity contribution in [3.05, 3.63) is 29.8 Å². The van der Waals surface area contributed by atoms with Crippen molar-refractivity contribution in [2.24, 2.45) is 10.8 Å².